The van der Waals surface area contributed by atoms with Crippen molar-refractivity contribution in [2.24, 2.45) is 5.73 Å². The Balaban J connectivity index is 2.07. The smallest absolute Gasteiger partial charge is 0.0381 e. The number of nitrogens with two attached hydrogens (primary N) is 1. The highest BCUT2D eigenvalue weighted by atomic mass is 79.9. The zero-order chi connectivity index (χ0) is 13.1. The lowest BCUT2D eigenvalue weighted by Crippen LogP contribution is -2.48. The summed E-state index contributed by atoms with van der Waals surface area (Å²) in [5.41, 5.74) is 8.20. The van der Waals surface area contributed by atoms with Crippen LogP contribution in [-0.2, 0) is 6.54 Å². The minimum Gasteiger partial charge on any atom is -0.369 e. The first-order valence-electron chi connectivity index (χ1n) is 6.58. The van der Waals surface area contributed by atoms with E-state index < -0.39 is 0 Å². The van der Waals surface area contributed by atoms with Crippen molar-refractivity contribution in [1.82, 2.24) is 4.90 Å². The van der Waals surface area contributed by atoms with Crippen LogP contribution < -0.4 is 10.6 Å². The van der Waals surface area contributed by atoms with Crippen molar-refractivity contribution in [2.75, 3.05) is 31.1 Å². The lowest BCUT2D eigenvalue weighted by Gasteiger charge is -2.38. The molecule has 0 atom stereocenters. The first-order valence-corrected chi connectivity index (χ1v) is 7.38. The molecule has 1 aliphatic heterocycles. The fourth-order valence-corrected chi connectivity index (χ4v) is 2.96. The number of nitrogens with zero attached hydrogens (tertiary/aromatic N) is 2. The zero-order valence-corrected chi connectivity index (χ0v) is 12.8. The Hall–Kier alpha value is -0.580. The topological polar surface area (TPSA) is 32.5 Å². The third kappa shape index (κ3) is 3.25. The van der Waals surface area contributed by atoms with Crippen LogP contribution in [0.1, 0.15) is 19.4 Å². The first kappa shape index (κ1) is 13.8. The summed E-state index contributed by atoms with van der Waals surface area (Å²) in [5, 5.41) is 0. The van der Waals surface area contributed by atoms with E-state index in [-0.39, 0.29) is 0 Å². The summed E-state index contributed by atoms with van der Waals surface area (Å²) in [6.45, 7) is 9.60. The molecule has 2 N–H and O–H groups in total. The lowest BCUT2D eigenvalue weighted by atomic mass is 10.1. The molecule has 0 spiro atoms. The third-order valence-corrected chi connectivity index (χ3v) is 4.05. The van der Waals surface area contributed by atoms with Gasteiger partial charge >= 0.3 is 0 Å². The van der Waals surface area contributed by atoms with Crippen LogP contribution in [0, 0.1) is 0 Å². The molecular weight excluding hydrogens is 290 g/mol. The number of rotatable bonds is 3. The molecule has 100 valence electrons. The predicted molar refractivity (Wildman–Crippen MR) is 81.0 cm³/mol. The van der Waals surface area contributed by atoms with Gasteiger partial charge in [0.25, 0.3) is 0 Å². The van der Waals surface area contributed by atoms with E-state index >= 15 is 0 Å². The van der Waals surface area contributed by atoms with Gasteiger partial charge in [-0.15, -0.1) is 0 Å². The maximum absolute atomic E-state index is 5.73. The van der Waals surface area contributed by atoms with Crippen molar-refractivity contribution in [2.45, 2.75) is 26.4 Å². The van der Waals surface area contributed by atoms with E-state index in [1.165, 1.54) is 11.3 Å². The molecule has 1 aromatic rings. The first-order chi connectivity index (χ1) is 8.60. The average Bonchev–Trinajstić information content (AvgIpc) is 2.38. The Morgan fingerprint density at radius 3 is 2.39 bits per heavy atom. The number of halogens is 1. The molecule has 0 bridgehead atoms. The molecule has 0 aromatic heterocycles. The fraction of sp³-hybridized carbons (Fsp3) is 0.571. The van der Waals surface area contributed by atoms with Crippen LogP contribution in [0.3, 0.4) is 0 Å². The molecule has 1 heterocycles. The van der Waals surface area contributed by atoms with Crippen molar-refractivity contribution in [3.05, 3.63) is 28.2 Å². The van der Waals surface area contributed by atoms with E-state index in [0.717, 1.165) is 30.7 Å². The summed E-state index contributed by atoms with van der Waals surface area (Å²) in [5.74, 6) is 0. The van der Waals surface area contributed by atoms with Gasteiger partial charge in [0, 0.05) is 48.9 Å². The van der Waals surface area contributed by atoms with Crippen molar-refractivity contribution < 1.29 is 0 Å². The second-order valence-electron chi connectivity index (χ2n) is 5.14. The molecule has 1 fully saturated rings. The molecule has 0 saturated carbocycles. The van der Waals surface area contributed by atoms with E-state index in [9.17, 15) is 0 Å². The highest BCUT2D eigenvalue weighted by Crippen LogP contribution is 2.24. The lowest BCUT2D eigenvalue weighted by molar-refractivity contribution is 0.209. The van der Waals surface area contributed by atoms with Gasteiger partial charge in [-0.25, -0.2) is 0 Å². The molecule has 3 nitrogen and oxygen atoms in total. The molecule has 18 heavy (non-hydrogen) atoms. The van der Waals surface area contributed by atoms with Gasteiger partial charge in [-0.3, -0.25) is 4.90 Å². The minimum atomic E-state index is 0.596. The molecule has 1 saturated heterocycles. The van der Waals surface area contributed by atoms with Crippen molar-refractivity contribution in [3.63, 3.8) is 0 Å². The van der Waals surface area contributed by atoms with Crippen molar-refractivity contribution >= 4 is 21.6 Å². The van der Waals surface area contributed by atoms with Crippen molar-refractivity contribution in [1.29, 1.82) is 0 Å². The van der Waals surface area contributed by atoms with Gasteiger partial charge in [-0.1, -0.05) is 15.9 Å². The number of hydrogen-bond acceptors (Lipinski definition) is 3. The standard InChI is InChI=1S/C14H22BrN3/c1-11(2)17-3-5-18(6-4-17)14-8-12(10-16)7-13(15)9-14/h7-9,11H,3-6,10,16H2,1-2H3. The molecule has 0 unspecified atom stereocenters. The van der Waals surface area contributed by atoms with Gasteiger partial charge < -0.3 is 10.6 Å². The zero-order valence-electron chi connectivity index (χ0n) is 11.2. The summed E-state index contributed by atoms with van der Waals surface area (Å²) < 4.78 is 1.12. The minimum absolute atomic E-state index is 0.596. The van der Waals surface area contributed by atoms with Gasteiger partial charge in [0.15, 0.2) is 0 Å². The molecule has 0 amide bonds. The van der Waals surface area contributed by atoms with Crippen LogP contribution in [0.4, 0.5) is 5.69 Å². The van der Waals surface area contributed by atoms with Crippen LogP contribution in [0.15, 0.2) is 22.7 Å². The molecule has 1 aliphatic rings. The molecule has 4 heteroatoms. The third-order valence-electron chi connectivity index (χ3n) is 3.59. The number of piperazine rings is 1. The summed E-state index contributed by atoms with van der Waals surface area (Å²) in [7, 11) is 0. The summed E-state index contributed by atoms with van der Waals surface area (Å²) in [6, 6.07) is 7.13. The number of anilines is 1. The SMILES string of the molecule is CC(C)N1CCN(c2cc(Br)cc(CN)c2)CC1. The van der Waals surface area contributed by atoms with Gasteiger partial charge in [0.05, 0.1) is 0 Å². The van der Waals surface area contributed by atoms with Crippen LogP contribution in [0.25, 0.3) is 0 Å². The van der Waals surface area contributed by atoms with Gasteiger partial charge in [0.1, 0.15) is 0 Å². The number of benzene rings is 1. The maximum Gasteiger partial charge on any atom is 0.0381 e. The van der Waals surface area contributed by atoms with E-state index in [1.54, 1.807) is 0 Å². The quantitative estimate of drug-likeness (QED) is 0.930. The Morgan fingerprint density at radius 1 is 1.17 bits per heavy atom. The number of hydrogen-bond donors (Lipinski definition) is 1. The van der Waals surface area contributed by atoms with Crippen LogP contribution >= 0.6 is 15.9 Å². The van der Waals surface area contributed by atoms with E-state index in [4.69, 9.17) is 5.73 Å². The molecular formula is C14H22BrN3. The van der Waals surface area contributed by atoms with Crippen molar-refractivity contribution in [3.8, 4) is 0 Å². The maximum atomic E-state index is 5.73. The second kappa shape index (κ2) is 6.04. The Labute approximate surface area is 118 Å². The average molecular weight is 312 g/mol. The molecule has 0 aliphatic carbocycles. The monoisotopic (exact) mass is 311 g/mol. The van der Waals surface area contributed by atoms with E-state index in [0.29, 0.717) is 12.6 Å². The van der Waals surface area contributed by atoms with Crippen LogP contribution in [-0.4, -0.2) is 37.1 Å². The van der Waals surface area contributed by atoms with Crippen LogP contribution in [0.5, 0.6) is 0 Å². The normalized spacial score (nSPS) is 17.5. The Kier molecular flexibility index (Phi) is 4.65. The van der Waals surface area contributed by atoms with Gasteiger partial charge in [-0.05, 0) is 37.6 Å². The highest BCUT2D eigenvalue weighted by Gasteiger charge is 2.19. The molecule has 1 aromatic carbocycles. The van der Waals surface area contributed by atoms with E-state index in [2.05, 4.69) is 57.8 Å². The molecule has 2 rings (SSSR count). The summed E-state index contributed by atoms with van der Waals surface area (Å²) in [6.07, 6.45) is 0. The fourth-order valence-electron chi connectivity index (χ4n) is 2.43. The summed E-state index contributed by atoms with van der Waals surface area (Å²) in [4.78, 5) is 4.97. The predicted octanol–water partition coefficient (Wildman–Crippen LogP) is 2.44. The van der Waals surface area contributed by atoms with E-state index in [1.807, 2.05) is 0 Å². The van der Waals surface area contributed by atoms with Gasteiger partial charge in [0.2, 0.25) is 0 Å². The highest BCUT2D eigenvalue weighted by molar-refractivity contribution is 9.10. The Bertz CT molecular complexity index is 398. The van der Waals surface area contributed by atoms with Crippen LogP contribution in [0.2, 0.25) is 0 Å². The molecule has 0 radical (unpaired) electrons. The summed E-state index contributed by atoms with van der Waals surface area (Å²) >= 11 is 3.56. The largest absolute Gasteiger partial charge is 0.369 e. The Morgan fingerprint density at radius 2 is 1.83 bits per heavy atom. The van der Waals surface area contributed by atoms with Gasteiger partial charge in [-0.2, -0.15) is 0 Å². The second-order valence-corrected chi connectivity index (χ2v) is 6.05.